The van der Waals surface area contributed by atoms with Crippen LogP contribution in [0.25, 0.3) is 0 Å². The molecule has 1 atom stereocenters. The van der Waals surface area contributed by atoms with Crippen molar-refractivity contribution in [3.8, 4) is 0 Å². The number of hydrogen-bond donors (Lipinski definition) is 1. The minimum Gasteiger partial charge on any atom is -0.382 e. The molecule has 0 aliphatic carbocycles. The van der Waals surface area contributed by atoms with Gasteiger partial charge in [-0.3, -0.25) is 4.98 Å². The fourth-order valence-corrected chi connectivity index (χ4v) is 1.81. The molecule has 2 rings (SSSR count). The van der Waals surface area contributed by atoms with Crippen molar-refractivity contribution in [2.24, 2.45) is 0 Å². The van der Waals surface area contributed by atoms with E-state index in [1.54, 1.807) is 23.3 Å². The van der Waals surface area contributed by atoms with Crippen molar-refractivity contribution in [3.63, 3.8) is 0 Å². The largest absolute Gasteiger partial charge is 0.382 e. The number of rotatable bonds is 4. The SMILES string of the molecule is CCCn1nncc1C(O)c1ccncc1C. The summed E-state index contributed by atoms with van der Waals surface area (Å²) in [5.41, 5.74) is 2.53. The Kier molecular flexibility index (Phi) is 3.49. The molecular formula is C12H16N4O. The van der Waals surface area contributed by atoms with E-state index < -0.39 is 6.10 Å². The highest BCUT2D eigenvalue weighted by molar-refractivity contribution is 5.29. The Bertz CT molecular complexity index is 495. The van der Waals surface area contributed by atoms with Gasteiger partial charge in [0.1, 0.15) is 6.10 Å². The third-order valence-electron chi connectivity index (χ3n) is 2.72. The molecule has 0 spiro atoms. The Balaban J connectivity index is 2.34. The predicted octanol–water partition coefficient (Wildman–Crippen LogP) is 1.47. The summed E-state index contributed by atoms with van der Waals surface area (Å²) in [5.74, 6) is 0. The first kappa shape index (κ1) is 11.7. The van der Waals surface area contributed by atoms with Gasteiger partial charge in [0.05, 0.1) is 11.9 Å². The van der Waals surface area contributed by atoms with Gasteiger partial charge in [0, 0.05) is 18.9 Å². The van der Waals surface area contributed by atoms with E-state index in [0.717, 1.165) is 29.8 Å². The Morgan fingerprint density at radius 1 is 1.41 bits per heavy atom. The molecule has 90 valence electrons. The second-order valence-electron chi connectivity index (χ2n) is 4.02. The Morgan fingerprint density at radius 2 is 2.24 bits per heavy atom. The molecule has 0 aromatic carbocycles. The standard InChI is InChI=1S/C12H16N4O/c1-3-6-16-11(8-14-15-16)12(17)10-4-5-13-7-9(10)2/h4-5,7-8,12,17H,3,6H2,1-2H3. The summed E-state index contributed by atoms with van der Waals surface area (Å²) in [4.78, 5) is 4.02. The molecular weight excluding hydrogens is 216 g/mol. The van der Waals surface area contributed by atoms with E-state index in [0.29, 0.717) is 0 Å². The minimum absolute atomic E-state index is 0.695. The molecule has 0 amide bonds. The average molecular weight is 232 g/mol. The number of aromatic nitrogens is 4. The maximum Gasteiger partial charge on any atom is 0.123 e. The summed E-state index contributed by atoms with van der Waals surface area (Å²) >= 11 is 0. The molecule has 0 aliphatic rings. The Hall–Kier alpha value is -1.75. The van der Waals surface area contributed by atoms with Crippen molar-refractivity contribution < 1.29 is 5.11 Å². The highest BCUT2D eigenvalue weighted by Crippen LogP contribution is 2.23. The molecule has 5 heteroatoms. The Labute approximate surface area is 100 Å². The second-order valence-corrected chi connectivity index (χ2v) is 4.02. The van der Waals surface area contributed by atoms with Crippen LogP contribution in [0, 0.1) is 6.92 Å². The van der Waals surface area contributed by atoms with Gasteiger partial charge < -0.3 is 5.11 Å². The van der Waals surface area contributed by atoms with Gasteiger partial charge in [-0.15, -0.1) is 5.10 Å². The van der Waals surface area contributed by atoms with Crippen LogP contribution in [0.1, 0.15) is 36.3 Å². The summed E-state index contributed by atoms with van der Waals surface area (Å²) in [7, 11) is 0. The first-order chi connectivity index (χ1) is 8.24. The van der Waals surface area contributed by atoms with Crippen LogP contribution in [-0.4, -0.2) is 25.1 Å². The maximum absolute atomic E-state index is 10.3. The van der Waals surface area contributed by atoms with Crippen LogP contribution in [0.2, 0.25) is 0 Å². The van der Waals surface area contributed by atoms with Crippen molar-refractivity contribution in [1.82, 2.24) is 20.0 Å². The van der Waals surface area contributed by atoms with Gasteiger partial charge in [0.2, 0.25) is 0 Å². The third-order valence-corrected chi connectivity index (χ3v) is 2.72. The van der Waals surface area contributed by atoms with Crippen molar-refractivity contribution in [2.75, 3.05) is 0 Å². The highest BCUT2D eigenvalue weighted by Gasteiger charge is 2.17. The number of hydrogen-bond acceptors (Lipinski definition) is 4. The van der Waals surface area contributed by atoms with E-state index in [9.17, 15) is 5.11 Å². The van der Waals surface area contributed by atoms with Crippen molar-refractivity contribution in [2.45, 2.75) is 32.9 Å². The molecule has 5 nitrogen and oxygen atoms in total. The van der Waals surface area contributed by atoms with E-state index in [2.05, 4.69) is 22.2 Å². The first-order valence-electron chi connectivity index (χ1n) is 5.71. The summed E-state index contributed by atoms with van der Waals surface area (Å²) in [6.07, 6.45) is 5.30. The van der Waals surface area contributed by atoms with Crippen molar-refractivity contribution >= 4 is 0 Å². The third kappa shape index (κ3) is 2.34. The average Bonchev–Trinajstić information content (AvgIpc) is 2.78. The van der Waals surface area contributed by atoms with Crippen molar-refractivity contribution in [3.05, 3.63) is 41.5 Å². The highest BCUT2D eigenvalue weighted by atomic mass is 16.3. The zero-order valence-electron chi connectivity index (χ0n) is 10.0. The number of aryl methyl sites for hydroxylation is 2. The first-order valence-corrected chi connectivity index (χ1v) is 5.71. The lowest BCUT2D eigenvalue weighted by atomic mass is 10.0. The monoisotopic (exact) mass is 232 g/mol. The topological polar surface area (TPSA) is 63.8 Å². The molecule has 0 aliphatic heterocycles. The maximum atomic E-state index is 10.3. The quantitative estimate of drug-likeness (QED) is 0.867. The van der Waals surface area contributed by atoms with Crippen LogP contribution in [0.15, 0.2) is 24.7 Å². The lowest BCUT2D eigenvalue weighted by Crippen LogP contribution is -2.11. The van der Waals surface area contributed by atoms with Crippen LogP contribution in [-0.2, 0) is 6.54 Å². The molecule has 0 saturated carbocycles. The number of aliphatic hydroxyl groups excluding tert-OH is 1. The van der Waals surface area contributed by atoms with Crippen LogP contribution in [0.4, 0.5) is 0 Å². The van der Waals surface area contributed by atoms with E-state index in [1.807, 2.05) is 13.0 Å². The lowest BCUT2D eigenvalue weighted by molar-refractivity contribution is 0.206. The number of aliphatic hydroxyl groups is 1. The van der Waals surface area contributed by atoms with E-state index >= 15 is 0 Å². The molecule has 1 N–H and O–H groups in total. The van der Waals surface area contributed by atoms with Gasteiger partial charge in [-0.05, 0) is 30.5 Å². The van der Waals surface area contributed by atoms with Gasteiger partial charge in [-0.2, -0.15) is 0 Å². The molecule has 2 aromatic heterocycles. The summed E-state index contributed by atoms with van der Waals surface area (Å²) in [5, 5.41) is 18.2. The predicted molar refractivity (Wildman–Crippen MR) is 63.3 cm³/mol. The molecule has 2 heterocycles. The summed E-state index contributed by atoms with van der Waals surface area (Å²) < 4.78 is 1.74. The summed E-state index contributed by atoms with van der Waals surface area (Å²) in [6.45, 7) is 4.76. The number of pyridine rings is 1. The zero-order chi connectivity index (χ0) is 12.3. The van der Waals surface area contributed by atoms with Crippen LogP contribution >= 0.6 is 0 Å². The summed E-state index contributed by atoms with van der Waals surface area (Å²) in [6, 6.07) is 1.82. The minimum atomic E-state index is -0.695. The molecule has 0 bridgehead atoms. The number of nitrogens with zero attached hydrogens (tertiary/aromatic N) is 4. The zero-order valence-corrected chi connectivity index (χ0v) is 10.0. The molecule has 0 fully saturated rings. The van der Waals surface area contributed by atoms with E-state index in [4.69, 9.17) is 0 Å². The fraction of sp³-hybridized carbons (Fsp3) is 0.417. The second kappa shape index (κ2) is 5.05. The molecule has 2 aromatic rings. The molecule has 0 saturated heterocycles. The van der Waals surface area contributed by atoms with E-state index in [-0.39, 0.29) is 0 Å². The van der Waals surface area contributed by atoms with Gasteiger partial charge in [-0.1, -0.05) is 12.1 Å². The molecule has 17 heavy (non-hydrogen) atoms. The van der Waals surface area contributed by atoms with Crippen LogP contribution in [0.5, 0.6) is 0 Å². The fourth-order valence-electron chi connectivity index (χ4n) is 1.81. The van der Waals surface area contributed by atoms with Gasteiger partial charge in [0.15, 0.2) is 0 Å². The smallest absolute Gasteiger partial charge is 0.123 e. The van der Waals surface area contributed by atoms with Crippen LogP contribution in [0.3, 0.4) is 0 Å². The van der Waals surface area contributed by atoms with Gasteiger partial charge in [-0.25, -0.2) is 4.68 Å². The Morgan fingerprint density at radius 3 is 2.94 bits per heavy atom. The molecule has 0 radical (unpaired) electrons. The van der Waals surface area contributed by atoms with E-state index in [1.165, 1.54) is 0 Å². The van der Waals surface area contributed by atoms with Gasteiger partial charge in [0.25, 0.3) is 0 Å². The van der Waals surface area contributed by atoms with Crippen LogP contribution < -0.4 is 0 Å². The van der Waals surface area contributed by atoms with Crippen molar-refractivity contribution in [1.29, 1.82) is 0 Å². The molecule has 1 unspecified atom stereocenters. The van der Waals surface area contributed by atoms with Gasteiger partial charge >= 0.3 is 0 Å². The normalized spacial score (nSPS) is 12.6. The lowest BCUT2D eigenvalue weighted by Gasteiger charge is -2.14.